The lowest BCUT2D eigenvalue weighted by molar-refractivity contribution is -0.132. The van der Waals surface area contributed by atoms with Gasteiger partial charge in [-0.15, -0.1) is 0 Å². The van der Waals surface area contributed by atoms with Gasteiger partial charge in [0.25, 0.3) is 0 Å². The summed E-state index contributed by atoms with van der Waals surface area (Å²) in [6.07, 6.45) is 1.97. The summed E-state index contributed by atoms with van der Waals surface area (Å²) >= 11 is 0. The Hall–Kier alpha value is -2.04. The van der Waals surface area contributed by atoms with Crippen LogP contribution in [0.4, 0.5) is 4.79 Å². The Morgan fingerprint density at radius 2 is 1.78 bits per heavy atom. The van der Waals surface area contributed by atoms with Crippen molar-refractivity contribution in [2.24, 2.45) is 0 Å². The Balaban J connectivity index is 2.07. The van der Waals surface area contributed by atoms with Crippen LogP contribution in [0.25, 0.3) is 0 Å². The van der Waals surface area contributed by atoms with Crippen molar-refractivity contribution in [3.05, 3.63) is 35.9 Å². The Morgan fingerprint density at radius 1 is 1.17 bits per heavy atom. The van der Waals surface area contributed by atoms with E-state index in [1.54, 1.807) is 20.8 Å². The van der Waals surface area contributed by atoms with Crippen molar-refractivity contribution in [3.8, 4) is 0 Å². The first-order valence-electron chi connectivity index (χ1n) is 8.17. The predicted octanol–water partition coefficient (Wildman–Crippen LogP) is 2.74. The highest BCUT2D eigenvalue weighted by atomic mass is 16.6. The molecular formula is C18H26N2O3. The summed E-state index contributed by atoms with van der Waals surface area (Å²) in [5.74, 6) is -0.0304. The third-order valence-electron chi connectivity index (χ3n) is 3.69. The Kier molecular flexibility index (Phi) is 5.64. The van der Waals surface area contributed by atoms with Crippen molar-refractivity contribution < 1.29 is 14.3 Å². The number of carbonyl (C=O) groups excluding carboxylic acids is 2. The molecule has 0 spiro atoms. The molecule has 2 amide bonds. The van der Waals surface area contributed by atoms with Gasteiger partial charge in [-0.25, -0.2) is 4.79 Å². The lowest BCUT2D eigenvalue weighted by atomic mass is 10.0. The molecule has 0 aliphatic carbocycles. The van der Waals surface area contributed by atoms with Crippen LogP contribution >= 0.6 is 0 Å². The van der Waals surface area contributed by atoms with E-state index in [0.29, 0.717) is 6.42 Å². The number of nitrogens with one attached hydrogen (secondary N) is 1. The summed E-state index contributed by atoms with van der Waals surface area (Å²) < 4.78 is 5.30. The molecule has 1 aliphatic rings. The van der Waals surface area contributed by atoms with Gasteiger partial charge >= 0.3 is 6.09 Å². The van der Waals surface area contributed by atoms with Crippen LogP contribution < -0.4 is 5.32 Å². The molecule has 2 rings (SSSR count). The van der Waals surface area contributed by atoms with E-state index in [0.717, 1.165) is 31.5 Å². The van der Waals surface area contributed by atoms with Crippen LogP contribution in [0.3, 0.4) is 0 Å². The molecule has 5 nitrogen and oxygen atoms in total. The second-order valence-electron chi connectivity index (χ2n) is 6.92. The molecule has 0 bridgehead atoms. The average Bonchev–Trinajstić information content (AvgIpc) is 2.99. The molecule has 1 N–H and O–H groups in total. The number of nitrogens with zero attached hydrogens (tertiary/aromatic N) is 1. The molecular weight excluding hydrogens is 292 g/mol. The van der Waals surface area contributed by atoms with Gasteiger partial charge in [-0.1, -0.05) is 30.3 Å². The summed E-state index contributed by atoms with van der Waals surface area (Å²) in [6, 6.07) is 9.12. The third-order valence-corrected chi connectivity index (χ3v) is 3.69. The quantitative estimate of drug-likeness (QED) is 0.928. The molecule has 1 fully saturated rings. The van der Waals surface area contributed by atoms with E-state index < -0.39 is 17.7 Å². The normalized spacial score (nSPS) is 16.0. The lowest BCUT2D eigenvalue weighted by Crippen LogP contribution is -2.50. The first-order chi connectivity index (χ1) is 10.8. The Morgan fingerprint density at radius 3 is 2.35 bits per heavy atom. The minimum Gasteiger partial charge on any atom is -0.444 e. The number of amides is 2. The van der Waals surface area contributed by atoms with E-state index in [2.05, 4.69) is 5.32 Å². The molecule has 23 heavy (non-hydrogen) atoms. The fourth-order valence-electron chi connectivity index (χ4n) is 2.66. The number of likely N-dealkylation sites (tertiary alicyclic amines) is 1. The maximum Gasteiger partial charge on any atom is 0.408 e. The molecule has 0 aromatic heterocycles. The maximum atomic E-state index is 12.7. The zero-order chi connectivity index (χ0) is 16.9. The predicted molar refractivity (Wildman–Crippen MR) is 89.1 cm³/mol. The molecule has 1 aromatic carbocycles. The summed E-state index contributed by atoms with van der Waals surface area (Å²) in [5.41, 5.74) is 0.430. The summed E-state index contributed by atoms with van der Waals surface area (Å²) in [4.78, 5) is 26.6. The van der Waals surface area contributed by atoms with Gasteiger partial charge in [0.2, 0.25) is 5.91 Å². The van der Waals surface area contributed by atoms with Crippen LogP contribution in [0, 0.1) is 0 Å². The Bertz CT molecular complexity index is 531. The van der Waals surface area contributed by atoms with Gasteiger partial charge in [-0.2, -0.15) is 0 Å². The zero-order valence-electron chi connectivity index (χ0n) is 14.2. The van der Waals surface area contributed by atoms with E-state index in [1.807, 2.05) is 35.2 Å². The SMILES string of the molecule is CC(C)(C)OC(=O)NC(Cc1ccccc1)C(=O)N1CCCC1. The average molecular weight is 318 g/mol. The number of alkyl carbamates (subject to hydrolysis) is 1. The monoisotopic (exact) mass is 318 g/mol. The van der Waals surface area contributed by atoms with Crippen molar-refractivity contribution >= 4 is 12.0 Å². The van der Waals surface area contributed by atoms with Crippen LogP contribution in [-0.2, 0) is 16.0 Å². The van der Waals surface area contributed by atoms with E-state index in [1.165, 1.54) is 0 Å². The largest absolute Gasteiger partial charge is 0.444 e. The second-order valence-corrected chi connectivity index (χ2v) is 6.92. The van der Waals surface area contributed by atoms with Crippen LogP contribution in [0.1, 0.15) is 39.2 Å². The number of ether oxygens (including phenoxy) is 1. The molecule has 126 valence electrons. The molecule has 1 aromatic rings. The standard InChI is InChI=1S/C18H26N2O3/c1-18(2,3)23-17(22)19-15(13-14-9-5-4-6-10-14)16(21)20-11-7-8-12-20/h4-6,9-10,15H,7-8,11-13H2,1-3H3,(H,19,22). The van der Waals surface area contributed by atoms with Gasteiger partial charge in [0.05, 0.1) is 0 Å². The smallest absolute Gasteiger partial charge is 0.408 e. The third kappa shape index (κ3) is 5.58. The lowest BCUT2D eigenvalue weighted by Gasteiger charge is -2.26. The minimum atomic E-state index is -0.592. The minimum absolute atomic E-state index is 0.0304. The van der Waals surface area contributed by atoms with Crippen molar-refractivity contribution in [1.82, 2.24) is 10.2 Å². The van der Waals surface area contributed by atoms with Gasteiger partial charge in [-0.05, 0) is 39.2 Å². The molecule has 1 atom stereocenters. The number of hydrogen-bond donors (Lipinski definition) is 1. The number of carbonyl (C=O) groups is 2. The first kappa shape index (κ1) is 17.3. The van der Waals surface area contributed by atoms with E-state index in [4.69, 9.17) is 4.74 Å². The van der Waals surface area contributed by atoms with Crippen molar-refractivity contribution in [2.45, 2.75) is 51.7 Å². The highest BCUT2D eigenvalue weighted by Crippen LogP contribution is 2.13. The van der Waals surface area contributed by atoms with Crippen LogP contribution in [0.15, 0.2) is 30.3 Å². The van der Waals surface area contributed by atoms with Gasteiger partial charge in [0, 0.05) is 19.5 Å². The summed E-state index contributed by atoms with van der Waals surface area (Å²) in [7, 11) is 0. The van der Waals surface area contributed by atoms with Crippen molar-refractivity contribution in [3.63, 3.8) is 0 Å². The van der Waals surface area contributed by atoms with Crippen LogP contribution in [0.2, 0.25) is 0 Å². The summed E-state index contributed by atoms with van der Waals surface area (Å²) in [6.45, 7) is 6.95. The maximum absolute atomic E-state index is 12.7. The van der Waals surface area contributed by atoms with Gasteiger partial charge in [-0.3, -0.25) is 4.79 Å². The number of rotatable bonds is 4. The Labute approximate surface area is 138 Å². The van der Waals surface area contributed by atoms with Crippen LogP contribution in [-0.4, -0.2) is 41.6 Å². The molecule has 1 saturated heterocycles. The summed E-state index contributed by atoms with van der Waals surface area (Å²) in [5, 5.41) is 2.75. The van der Waals surface area contributed by atoms with Crippen LogP contribution in [0.5, 0.6) is 0 Å². The molecule has 0 radical (unpaired) electrons. The van der Waals surface area contributed by atoms with Crippen molar-refractivity contribution in [1.29, 1.82) is 0 Å². The zero-order valence-corrected chi connectivity index (χ0v) is 14.2. The van der Waals surface area contributed by atoms with Gasteiger partial charge in [0.1, 0.15) is 11.6 Å². The molecule has 1 heterocycles. The first-order valence-corrected chi connectivity index (χ1v) is 8.17. The number of hydrogen-bond acceptors (Lipinski definition) is 3. The highest BCUT2D eigenvalue weighted by molar-refractivity contribution is 5.86. The second kappa shape index (κ2) is 7.49. The van der Waals surface area contributed by atoms with E-state index in [-0.39, 0.29) is 5.91 Å². The highest BCUT2D eigenvalue weighted by Gasteiger charge is 2.29. The topological polar surface area (TPSA) is 58.6 Å². The molecule has 1 unspecified atom stereocenters. The van der Waals surface area contributed by atoms with Crippen molar-refractivity contribution in [2.75, 3.05) is 13.1 Å². The van der Waals surface area contributed by atoms with E-state index in [9.17, 15) is 9.59 Å². The fraction of sp³-hybridized carbons (Fsp3) is 0.556. The molecule has 5 heteroatoms. The fourth-order valence-corrected chi connectivity index (χ4v) is 2.66. The van der Waals surface area contributed by atoms with E-state index >= 15 is 0 Å². The molecule has 0 saturated carbocycles. The van der Waals surface area contributed by atoms with Gasteiger partial charge in [0.15, 0.2) is 0 Å². The molecule has 1 aliphatic heterocycles. The number of benzene rings is 1. The van der Waals surface area contributed by atoms with Gasteiger partial charge < -0.3 is 15.0 Å².